The van der Waals surface area contributed by atoms with Gasteiger partial charge in [0.2, 0.25) is 0 Å². The Balaban J connectivity index is 2.51. The lowest BCUT2D eigenvalue weighted by molar-refractivity contribution is 0.223. The van der Waals surface area contributed by atoms with Crippen molar-refractivity contribution < 1.29 is 8.42 Å². The second kappa shape index (κ2) is 9.05. The fourth-order valence-corrected chi connectivity index (χ4v) is 4.32. The third kappa shape index (κ3) is 5.17. The number of hydrogen-bond donors (Lipinski definition) is 1. The molecule has 0 amide bonds. The van der Waals surface area contributed by atoms with Crippen LogP contribution in [-0.2, 0) is 10.2 Å². The first-order valence-corrected chi connectivity index (χ1v) is 9.53. The second-order valence-electron chi connectivity index (χ2n) is 5.56. The van der Waals surface area contributed by atoms with Crippen molar-refractivity contribution in [1.29, 1.82) is 0 Å². The van der Waals surface area contributed by atoms with Gasteiger partial charge in [-0.1, -0.05) is 20.8 Å². The molecule has 1 aliphatic heterocycles. The summed E-state index contributed by atoms with van der Waals surface area (Å²) in [6, 6.07) is 0.366. The molecule has 0 aliphatic carbocycles. The van der Waals surface area contributed by atoms with E-state index in [2.05, 4.69) is 31.0 Å². The summed E-state index contributed by atoms with van der Waals surface area (Å²) >= 11 is 0. The second-order valence-corrected chi connectivity index (χ2v) is 7.59. The molecule has 0 radical (unpaired) electrons. The third-order valence-electron chi connectivity index (χ3n) is 4.25. The molecule has 1 N–H and O–H groups in total. The molecular formula is C14H32N4O2S. The lowest BCUT2D eigenvalue weighted by Crippen LogP contribution is -2.44. The van der Waals surface area contributed by atoms with Crippen LogP contribution in [0.3, 0.4) is 0 Å². The lowest BCUT2D eigenvalue weighted by atomic mass is 10.2. The first-order chi connectivity index (χ1) is 9.97. The van der Waals surface area contributed by atoms with Gasteiger partial charge in [0.25, 0.3) is 10.2 Å². The van der Waals surface area contributed by atoms with Crippen LogP contribution in [0.2, 0.25) is 0 Å². The highest BCUT2D eigenvalue weighted by molar-refractivity contribution is 7.86. The van der Waals surface area contributed by atoms with Gasteiger partial charge in [0.1, 0.15) is 0 Å². The summed E-state index contributed by atoms with van der Waals surface area (Å²) in [5.41, 5.74) is 0. The first kappa shape index (κ1) is 18.8. The maximum atomic E-state index is 12.6. The Morgan fingerprint density at radius 2 is 1.90 bits per heavy atom. The molecule has 7 heteroatoms. The maximum Gasteiger partial charge on any atom is 0.281 e. The van der Waals surface area contributed by atoms with Crippen molar-refractivity contribution in [2.75, 3.05) is 52.9 Å². The minimum Gasteiger partial charge on any atom is -0.317 e. The summed E-state index contributed by atoms with van der Waals surface area (Å²) in [6.07, 6.45) is 1.78. The Kier molecular flexibility index (Phi) is 8.12. The monoisotopic (exact) mass is 320 g/mol. The Bertz CT molecular complexity index is 384. The zero-order valence-corrected chi connectivity index (χ0v) is 14.8. The van der Waals surface area contributed by atoms with Crippen LogP contribution in [0.15, 0.2) is 0 Å². The van der Waals surface area contributed by atoms with Crippen molar-refractivity contribution >= 4 is 10.2 Å². The average molecular weight is 321 g/mol. The highest BCUT2D eigenvalue weighted by Crippen LogP contribution is 2.20. The van der Waals surface area contributed by atoms with E-state index in [1.165, 1.54) is 4.31 Å². The highest BCUT2D eigenvalue weighted by atomic mass is 32.2. The van der Waals surface area contributed by atoms with E-state index < -0.39 is 10.2 Å². The van der Waals surface area contributed by atoms with Crippen LogP contribution in [0.1, 0.15) is 33.6 Å². The van der Waals surface area contributed by atoms with E-state index in [-0.39, 0.29) is 0 Å². The lowest BCUT2D eigenvalue weighted by Gasteiger charge is -2.27. The quantitative estimate of drug-likeness (QED) is 0.598. The molecule has 21 heavy (non-hydrogen) atoms. The van der Waals surface area contributed by atoms with E-state index in [9.17, 15) is 8.42 Å². The SMILES string of the molecule is CCNCCCN(C)S(=O)(=O)N1CCC(N(CC)CC)C1. The van der Waals surface area contributed by atoms with Crippen LogP contribution < -0.4 is 5.32 Å². The molecule has 1 aliphatic rings. The minimum absolute atomic E-state index is 0.366. The van der Waals surface area contributed by atoms with Crippen molar-refractivity contribution in [3.8, 4) is 0 Å². The zero-order valence-electron chi connectivity index (χ0n) is 14.0. The predicted octanol–water partition coefficient (Wildman–Crippen LogP) is 0.579. The fourth-order valence-electron chi connectivity index (χ4n) is 2.87. The van der Waals surface area contributed by atoms with E-state index in [1.54, 1.807) is 11.4 Å². The van der Waals surface area contributed by atoms with Gasteiger partial charge in [-0.05, 0) is 39.0 Å². The Labute approximate surface area is 130 Å². The van der Waals surface area contributed by atoms with E-state index >= 15 is 0 Å². The summed E-state index contributed by atoms with van der Waals surface area (Å²) in [5.74, 6) is 0. The number of rotatable bonds is 10. The molecule has 0 aromatic carbocycles. The normalized spacial score (nSPS) is 20.8. The van der Waals surface area contributed by atoms with E-state index in [0.717, 1.165) is 39.0 Å². The van der Waals surface area contributed by atoms with Gasteiger partial charge >= 0.3 is 0 Å². The van der Waals surface area contributed by atoms with Gasteiger partial charge in [0.05, 0.1) is 0 Å². The predicted molar refractivity (Wildman–Crippen MR) is 87.6 cm³/mol. The molecule has 0 saturated carbocycles. The standard InChI is InChI=1S/C14H32N4O2S/c1-5-15-10-8-11-16(4)21(19,20)18-12-9-14(13-18)17(6-2)7-3/h14-15H,5-13H2,1-4H3. The summed E-state index contributed by atoms with van der Waals surface area (Å²) in [6.45, 7) is 11.9. The number of hydrogen-bond acceptors (Lipinski definition) is 4. The van der Waals surface area contributed by atoms with Crippen molar-refractivity contribution in [1.82, 2.24) is 18.8 Å². The number of nitrogens with zero attached hydrogens (tertiary/aromatic N) is 3. The van der Waals surface area contributed by atoms with Crippen LogP contribution in [0.4, 0.5) is 0 Å². The van der Waals surface area contributed by atoms with Gasteiger partial charge < -0.3 is 5.32 Å². The van der Waals surface area contributed by atoms with Crippen LogP contribution >= 0.6 is 0 Å². The Morgan fingerprint density at radius 1 is 1.24 bits per heavy atom. The number of likely N-dealkylation sites (N-methyl/N-ethyl adjacent to an activating group) is 1. The van der Waals surface area contributed by atoms with Crippen molar-refractivity contribution in [3.63, 3.8) is 0 Å². The molecule has 6 nitrogen and oxygen atoms in total. The summed E-state index contributed by atoms with van der Waals surface area (Å²) in [4.78, 5) is 2.35. The van der Waals surface area contributed by atoms with Gasteiger partial charge in [-0.15, -0.1) is 0 Å². The molecule has 1 unspecified atom stereocenters. The Morgan fingerprint density at radius 3 is 2.48 bits per heavy atom. The van der Waals surface area contributed by atoms with Gasteiger partial charge in [0, 0.05) is 32.7 Å². The van der Waals surface area contributed by atoms with Crippen LogP contribution in [0.25, 0.3) is 0 Å². The third-order valence-corrected chi connectivity index (χ3v) is 6.21. The van der Waals surface area contributed by atoms with Crippen LogP contribution in [-0.4, -0.2) is 80.8 Å². The van der Waals surface area contributed by atoms with E-state index in [4.69, 9.17) is 0 Å². The van der Waals surface area contributed by atoms with Crippen molar-refractivity contribution in [2.24, 2.45) is 0 Å². The minimum atomic E-state index is -3.30. The highest BCUT2D eigenvalue weighted by Gasteiger charge is 2.35. The smallest absolute Gasteiger partial charge is 0.281 e. The Hall–Kier alpha value is -0.210. The number of nitrogens with one attached hydrogen (secondary N) is 1. The summed E-state index contributed by atoms with van der Waals surface area (Å²) in [5, 5.41) is 3.22. The van der Waals surface area contributed by atoms with Crippen LogP contribution in [0, 0.1) is 0 Å². The molecule has 1 saturated heterocycles. The molecule has 126 valence electrons. The molecule has 0 aromatic heterocycles. The van der Waals surface area contributed by atoms with Gasteiger partial charge in [-0.2, -0.15) is 17.0 Å². The van der Waals surface area contributed by atoms with Gasteiger partial charge in [0.15, 0.2) is 0 Å². The van der Waals surface area contributed by atoms with Gasteiger partial charge in [-0.3, -0.25) is 4.90 Å². The summed E-state index contributed by atoms with van der Waals surface area (Å²) in [7, 11) is -1.61. The topological polar surface area (TPSA) is 55.9 Å². The van der Waals surface area contributed by atoms with E-state index in [1.807, 2.05) is 0 Å². The van der Waals surface area contributed by atoms with Gasteiger partial charge in [-0.25, -0.2) is 0 Å². The van der Waals surface area contributed by atoms with Crippen molar-refractivity contribution in [3.05, 3.63) is 0 Å². The molecule has 1 heterocycles. The molecule has 0 spiro atoms. The fraction of sp³-hybridized carbons (Fsp3) is 1.00. The summed E-state index contributed by atoms with van der Waals surface area (Å²) < 4.78 is 28.2. The maximum absolute atomic E-state index is 12.6. The molecule has 0 bridgehead atoms. The molecule has 0 aromatic rings. The molecule has 1 atom stereocenters. The largest absolute Gasteiger partial charge is 0.317 e. The zero-order chi connectivity index (χ0) is 15.9. The van der Waals surface area contributed by atoms with E-state index in [0.29, 0.717) is 25.7 Å². The molecule has 1 fully saturated rings. The average Bonchev–Trinajstić information content (AvgIpc) is 2.95. The first-order valence-electron chi connectivity index (χ1n) is 8.13. The van der Waals surface area contributed by atoms with Crippen molar-refractivity contribution in [2.45, 2.75) is 39.7 Å². The molecule has 1 rings (SSSR count). The molecular weight excluding hydrogens is 288 g/mol. The van der Waals surface area contributed by atoms with Crippen LogP contribution in [0.5, 0.6) is 0 Å².